The molecule has 0 spiro atoms. The van der Waals surface area contributed by atoms with Gasteiger partial charge in [0.2, 0.25) is 5.91 Å². The number of unbranched alkanes of at least 4 members (excludes halogenated alkanes) is 3. The third kappa shape index (κ3) is 7.64. The highest BCUT2D eigenvalue weighted by molar-refractivity contribution is 6.30. The molecule has 0 aromatic carbocycles. The number of H-pyrrole nitrogens is 1. The summed E-state index contributed by atoms with van der Waals surface area (Å²) in [4.78, 5) is 22.4. The number of nitrogens with zero attached hydrogens (tertiary/aromatic N) is 2. The van der Waals surface area contributed by atoms with Crippen molar-refractivity contribution in [1.29, 1.82) is 0 Å². The maximum Gasteiger partial charge on any atom is 0.216 e. The van der Waals surface area contributed by atoms with E-state index in [9.17, 15) is 4.79 Å². The van der Waals surface area contributed by atoms with Gasteiger partial charge in [-0.2, -0.15) is 0 Å². The molecule has 0 fully saturated rings. The van der Waals surface area contributed by atoms with Gasteiger partial charge in [-0.25, -0.2) is 4.98 Å². The molecule has 0 saturated heterocycles. The number of aromatic nitrogens is 2. The second-order valence-corrected chi connectivity index (χ2v) is 6.07. The van der Waals surface area contributed by atoms with E-state index in [1.807, 2.05) is 6.92 Å². The lowest BCUT2D eigenvalue weighted by molar-refractivity contribution is -0.118. The minimum Gasteiger partial charge on any atom is -0.356 e. The molecular weight excluding hydrogens is 312 g/mol. The van der Waals surface area contributed by atoms with Crippen LogP contribution in [-0.4, -0.2) is 28.5 Å². The number of carbonyl (C=O) groups excluding carboxylic acids is 1. The van der Waals surface area contributed by atoms with Crippen LogP contribution in [0.3, 0.4) is 0 Å². The number of carbonyl (C=O) groups is 1. The third-order valence-corrected chi connectivity index (χ3v) is 4.19. The molecule has 23 heavy (non-hydrogen) atoms. The molecule has 0 bridgehead atoms. The van der Waals surface area contributed by atoms with Crippen LogP contribution in [0, 0.1) is 0 Å². The Morgan fingerprint density at radius 1 is 1.43 bits per heavy atom. The summed E-state index contributed by atoms with van der Waals surface area (Å²) in [5.74, 6) is 0.0320. The van der Waals surface area contributed by atoms with Gasteiger partial charge in [0.05, 0.1) is 12.3 Å². The van der Waals surface area contributed by atoms with Crippen LogP contribution in [0.25, 0.3) is 0 Å². The van der Waals surface area contributed by atoms with Gasteiger partial charge in [-0.05, 0) is 25.7 Å². The van der Waals surface area contributed by atoms with Gasteiger partial charge in [-0.15, -0.1) is 0 Å². The minimum absolute atomic E-state index is 0.0320. The van der Waals surface area contributed by atoms with Crippen molar-refractivity contribution in [3.8, 4) is 0 Å². The second-order valence-electron chi connectivity index (χ2n) is 5.70. The number of rotatable bonds is 10. The predicted octanol–water partition coefficient (Wildman–Crippen LogP) is 3.39. The highest BCUT2D eigenvalue weighted by Crippen LogP contribution is 2.12. The van der Waals surface area contributed by atoms with Crippen LogP contribution in [0.2, 0.25) is 5.02 Å². The van der Waals surface area contributed by atoms with E-state index in [1.165, 1.54) is 0 Å². The maximum atomic E-state index is 10.8. The Morgan fingerprint density at radius 3 is 2.83 bits per heavy atom. The first-order valence-corrected chi connectivity index (χ1v) is 8.89. The van der Waals surface area contributed by atoms with E-state index in [0.717, 1.165) is 57.2 Å². The van der Waals surface area contributed by atoms with Gasteiger partial charge < -0.3 is 10.3 Å². The molecule has 6 heteroatoms. The molecular formula is C17H29ClN4O. The number of aryl methyl sites for hydroxylation is 1. The Labute approximate surface area is 145 Å². The number of hydrogen-bond acceptors (Lipinski definition) is 3. The number of hydrogen-bond donors (Lipinski definition) is 2. The molecule has 0 radical (unpaired) electrons. The van der Waals surface area contributed by atoms with Crippen LogP contribution in [0.5, 0.6) is 0 Å². The van der Waals surface area contributed by atoms with E-state index in [2.05, 4.69) is 27.2 Å². The number of amides is 1. The summed E-state index contributed by atoms with van der Waals surface area (Å²) in [6, 6.07) is 0.178. The Kier molecular flexibility index (Phi) is 8.77. The molecule has 130 valence electrons. The van der Waals surface area contributed by atoms with Crippen LogP contribution in [0.4, 0.5) is 0 Å². The van der Waals surface area contributed by atoms with Crippen molar-refractivity contribution in [3.05, 3.63) is 22.5 Å². The van der Waals surface area contributed by atoms with E-state index in [-0.39, 0.29) is 18.3 Å². The minimum atomic E-state index is 0.0320. The first kappa shape index (κ1) is 18.0. The van der Waals surface area contributed by atoms with Gasteiger partial charge >= 0.3 is 0 Å². The van der Waals surface area contributed by atoms with Crippen molar-refractivity contribution in [1.82, 2.24) is 15.3 Å². The molecule has 1 aromatic rings. The van der Waals surface area contributed by atoms with Crippen LogP contribution in [0.15, 0.2) is 11.3 Å². The largest absolute Gasteiger partial charge is 0.356 e. The van der Waals surface area contributed by atoms with E-state index in [0.29, 0.717) is 10.5 Å². The zero-order valence-corrected chi connectivity index (χ0v) is 15.2. The Hall–Kier alpha value is -1.36. The van der Waals surface area contributed by atoms with Gasteiger partial charge in [0.15, 0.2) is 5.49 Å². The summed E-state index contributed by atoms with van der Waals surface area (Å²) in [6.45, 7) is 6.39. The standard InChI is InChI=1S/C17H29ClN4O/c1-4-14(10-8-6-7-9-11-19-13(3)23)22-17-16(18)15(5-2)20-12-21-17/h12,14H,4-11H2,1-3H3,(H,19,23)(H,20,21,22)/i12D. The van der Waals surface area contributed by atoms with Gasteiger partial charge in [0.1, 0.15) is 6.39 Å². The normalized spacial score (nSPS) is 13.7. The number of nitrogens with one attached hydrogen (secondary N) is 2. The summed E-state index contributed by atoms with van der Waals surface area (Å²) in [6.07, 6.45) is 7.07. The lowest BCUT2D eigenvalue weighted by Gasteiger charge is -2.10. The Bertz CT molecular complexity index is 588. The average molecular weight is 342 g/mol. The van der Waals surface area contributed by atoms with Crippen LogP contribution in [0.1, 0.15) is 66.4 Å². The summed E-state index contributed by atoms with van der Waals surface area (Å²) < 4.78 is 7.73. The first-order valence-electron chi connectivity index (χ1n) is 9.01. The monoisotopic (exact) mass is 341 g/mol. The molecule has 1 atom stereocenters. The van der Waals surface area contributed by atoms with Crippen molar-refractivity contribution in [3.63, 3.8) is 0 Å². The van der Waals surface area contributed by atoms with Gasteiger partial charge in [0.25, 0.3) is 0 Å². The maximum absolute atomic E-state index is 10.8. The summed E-state index contributed by atoms with van der Waals surface area (Å²) in [5.41, 5.74) is 1.29. The van der Waals surface area contributed by atoms with Crippen molar-refractivity contribution < 1.29 is 6.17 Å². The van der Waals surface area contributed by atoms with Gasteiger partial charge in [-0.3, -0.25) is 9.79 Å². The summed E-state index contributed by atoms with van der Waals surface area (Å²) >= 11 is 6.32. The second kappa shape index (κ2) is 11.2. The molecule has 0 saturated carbocycles. The quantitative estimate of drug-likeness (QED) is 0.640. The van der Waals surface area contributed by atoms with Crippen molar-refractivity contribution in [2.75, 3.05) is 6.54 Å². The molecule has 0 aliphatic rings. The lowest BCUT2D eigenvalue weighted by Crippen LogP contribution is -2.20. The predicted molar refractivity (Wildman–Crippen MR) is 94.4 cm³/mol. The highest BCUT2D eigenvalue weighted by Gasteiger charge is 2.07. The van der Waals surface area contributed by atoms with E-state index in [4.69, 9.17) is 13.0 Å². The van der Waals surface area contributed by atoms with Crippen molar-refractivity contribution in [2.24, 2.45) is 4.99 Å². The first-order chi connectivity index (χ1) is 11.5. The fourth-order valence-electron chi connectivity index (χ4n) is 2.37. The van der Waals surface area contributed by atoms with Crippen LogP contribution < -0.4 is 10.8 Å². The molecule has 1 rings (SSSR count). The van der Waals surface area contributed by atoms with Crippen molar-refractivity contribution in [2.45, 2.75) is 71.8 Å². The van der Waals surface area contributed by atoms with Crippen LogP contribution in [-0.2, 0) is 11.2 Å². The molecule has 2 N–H and O–H groups in total. The average Bonchev–Trinajstić information content (AvgIpc) is 2.55. The highest BCUT2D eigenvalue weighted by atomic mass is 35.5. The molecule has 0 aliphatic carbocycles. The third-order valence-electron chi connectivity index (χ3n) is 3.80. The Morgan fingerprint density at radius 2 is 2.17 bits per heavy atom. The number of aromatic amines is 1. The molecule has 1 aromatic heterocycles. The smallest absolute Gasteiger partial charge is 0.216 e. The van der Waals surface area contributed by atoms with Crippen molar-refractivity contribution >= 4 is 17.5 Å². The van der Waals surface area contributed by atoms with E-state index in [1.54, 1.807) is 6.92 Å². The SMILES string of the molecule is [2H]c1nc(=NC(CC)CCCCCCNC(C)=O)c(Cl)c(CC)[nH]1. The molecule has 0 aliphatic heterocycles. The molecule has 1 unspecified atom stereocenters. The Balaban J connectivity index is 2.53. The zero-order chi connectivity index (χ0) is 17.9. The fourth-order valence-corrected chi connectivity index (χ4v) is 2.64. The van der Waals surface area contributed by atoms with Gasteiger partial charge in [-0.1, -0.05) is 44.7 Å². The van der Waals surface area contributed by atoms with Gasteiger partial charge in [0, 0.05) is 19.2 Å². The molecule has 1 amide bonds. The summed E-state index contributed by atoms with van der Waals surface area (Å²) in [7, 11) is 0. The zero-order valence-electron chi connectivity index (χ0n) is 15.4. The molecule has 5 nitrogen and oxygen atoms in total. The van der Waals surface area contributed by atoms with E-state index < -0.39 is 0 Å². The number of halogens is 1. The lowest BCUT2D eigenvalue weighted by atomic mass is 10.1. The topological polar surface area (TPSA) is 70.1 Å². The summed E-state index contributed by atoms with van der Waals surface area (Å²) in [5, 5.41) is 3.34. The fraction of sp³-hybridized carbons (Fsp3) is 0.706. The van der Waals surface area contributed by atoms with E-state index >= 15 is 0 Å². The molecule has 1 heterocycles. The van der Waals surface area contributed by atoms with Crippen LogP contribution >= 0.6 is 11.6 Å².